The van der Waals surface area contributed by atoms with E-state index < -0.39 is 5.97 Å². The average molecular weight is 295 g/mol. The molecule has 3 aliphatic heterocycles. The number of likely N-dealkylation sites (tertiary alicyclic amines) is 2. The molecule has 6 heteroatoms. The van der Waals surface area contributed by atoms with E-state index in [2.05, 4.69) is 10.2 Å². The summed E-state index contributed by atoms with van der Waals surface area (Å²) in [5, 5.41) is 12.5. The van der Waals surface area contributed by atoms with Crippen LogP contribution in [-0.2, 0) is 9.59 Å². The third kappa shape index (κ3) is 3.06. The molecule has 6 nitrogen and oxygen atoms in total. The first-order chi connectivity index (χ1) is 10.2. The highest BCUT2D eigenvalue weighted by molar-refractivity contribution is 5.82. The second-order valence-electron chi connectivity index (χ2n) is 6.44. The molecule has 3 rings (SSSR count). The topological polar surface area (TPSA) is 72.9 Å². The minimum absolute atomic E-state index is 0.0140. The van der Waals surface area contributed by atoms with Crippen molar-refractivity contribution in [2.45, 2.75) is 56.7 Å². The molecule has 0 spiro atoms. The number of amides is 1. The van der Waals surface area contributed by atoms with Crippen LogP contribution in [0.2, 0.25) is 0 Å². The lowest BCUT2D eigenvalue weighted by molar-refractivity contribution is -0.144. The number of nitrogens with zero attached hydrogens (tertiary/aromatic N) is 2. The molecule has 3 aliphatic rings. The third-order valence-electron chi connectivity index (χ3n) is 5.18. The fourth-order valence-corrected chi connectivity index (χ4v) is 4.02. The monoisotopic (exact) mass is 295 g/mol. The molecule has 0 aliphatic carbocycles. The Labute approximate surface area is 125 Å². The number of hydrogen-bond donors (Lipinski definition) is 2. The van der Waals surface area contributed by atoms with E-state index in [0.717, 1.165) is 64.7 Å². The zero-order chi connectivity index (χ0) is 14.8. The molecule has 2 atom stereocenters. The molecule has 0 bridgehead atoms. The van der Waals surface area contributed by atoms with Crippen LogP contribution >= 0.6 is 0 Å². The molecule has 118 valence electrons. The van der Waals surface area contributed by atoms with Gasteiger partial charge in [-0.1, -0.05) is 0 Å². The number of aliphatic carboxylic acids is 1. The van der Waals surface area contributed by atoms with Gasteiger partial charge in [0.25, 0.3) is 0 Å². The summed E-state index contributed by atoms with van der Waals surface area (Å²) in [5.74, 6) is -0.455. The first-order valence-electron chi connectivity index (χ1n) is 8.17. The van der Waals surface area contributed by atoms with Crippen LogP contribution in [0.4, 0.5) is 0 Å². The van der Waals surface area contributed by atoms with E-state index in [1.54, 1.807) is 0 Å². The van der Waals surface area contributed by atoms with Gasteiger partial charge in [0.15, 0.2) is 0 Å². The van der Waals surface area contributed by atoms with Crippen LogP contribution in [0.3, 0.4) is 0 Å². The second-order valence-corrected chi connectivity index (χ2v) is 6.44. The predicted octanol–water partition coefficient (Wildman–Crippen LogP) is 0.278. The number of nitrogens with one attached hydrogen (secondary N) is 1. The molecule has 21 heavy (non-hydrogen) atoms. The van der Waals surface area contributed by atoms with Crippen molar-refractivity contribution in [3.05, 3.63) is 0 Å². The summed E-state index contributed by atoms with van der Waals surface area (Å²) in [6.07, 6.45) is 5.58. The van der Waals surface area contributed by atoms with Gasteiger partial charge < -0.3 is 15.3 Å². The molecule has 3 heterocycles. The summed E-state index contributed by atoms with van der Waals surface area (Å²) in [6, 6.07) is 0.0306. The Morgan fingerprint density at radius 2 is 1.76 bits per heavy atom. The number of piperidine rings is 1. The Kier molecular flexibility index (Phi) is 4.45. The van der Waals surface area contributed by atoms with Crippen molar-refractivity contribution >= 4 is 11.9 Å². The van der Waals surface area contributed by atoms with Gasteiger partial charge in [0.05, 0.1) is 6.04 Å². The van der Waals surface area contributed by atoms with Crippen LogP contribution in [0.1, 0.15) is 38.5 Å². The van der Waals surface area contributed by atoms with E-state index in [4.69, 9.17) is 0 Å². The van der Waals surface area contributed by atoms with Gasteiger partial charge in [-0.15, -0.1) is 0 Å². The van der Waals surface area contributed by atoms with Crippen LogP contribution in [0.25, 0.3) is 0 Å². The molecular formula is C15H25N3O3. The SMILES string of the molecule is O=C(O)C1CCCN1C1CCN(C(=O)C2CCCN2)CC1. The van der Waals surface area contributed by atoms with Gasteiger partial charge in [-0.2, -0.15) is 0 Å². The highest BCUT2D eigenvalue weighted by atomic mass is 16.4. The number of carboxylic acids is 1. The predicted molar refractivity (Wildman–Crippen MR) is 78.0 cm³/mol. The maximum Gasteiger partial charge on any atom is 0.320 e. The normalized spacial score (nSPS) is 31.7. The minimum Gasteiger partial charge on any atom is -0.480 e. The summed E-state index contributed by atoms with van der Waals surface area (Å²) in [7, 11) is 0. The number of rotatable bonds is 3. The maximum atomic E-state index is 12.4. The molecular weight excluding hydrogens is 270 g/mol. The van der Waals surface area contributed by atoms with Crippen LogP contribution in [0.15, 0.2) is 0 Å². The van der Waals surface area contributed by atoms with Crippen molar-refractivity contribution in [2.75, 3.05) is 26.2 Å². The number of carbonyl (C=O) groups is 2. The molecule has 1 amide bonds. The molecule has 0 saturated carbocycles. The smallest absolute Gasteiger partial charge is 0.320 e. The fraction of sp³-hybridized carbons (Fsp3) is 0.867. The van der Waals surface area contributed by atoms with Crippen LogP contribution in [-0.4, -0.2) is 71.1 Å². The number of carbonyl (C=O) groups excluding carboxylic acids is 1. The first kappa shape index (κ1) is 14.8. The zero-order valence-corrected chi connectivity index (χ0v) is 12.5. The van der Waals surface area contributed by atoms with Crippen LogP contribution in [0.5, 0.6) is 0 Å². The summed E-state index contributed by atoms with van der Waals surface area (Å²) in [6.45, 7) is 3.37. The molecule has 2 N–H and O–H groups in total. The van der Waals surface area contributed by atoms with Crippen molar-refractivity contribution < 1.29 is 14.7 Å². The van der Waals surface area contributed by atoms with Gasteiger partial charge in [-0.05, 0) is 51.6 Å². The molecule has 0 aromatic heterocycles. The second kappa shape index (κ2) is 6.32. The van der Waals surface area contributed by atoms with Crippen molar-refractivity contribution in [2.24, 2.45) is 0 Å². The Hall–Kier alpha value is -1.14. The van der Waals surface area contributed by atoms with Crippen LogP contribution < -0.4 is 5.32 Å². The number of carboxylic acid groups (broad SMARTS) is 1. The summed E-state index contributed by atoms with van der Waals surface area (Å²) in [4.78, 5) is 27.8. The van der Waals surface area contributed by atoms with E-state index in [9.17, 15) is 14.7 Å². The Morgan fingerprint density at radius 3 is 2.38 bits per heavy atom. The average Bonchev–Trinajstić information content (AvgIpc) is 3.18. The lowest BCUT2D eigenvalue weighted by Gasteiger charge is -2.39. The lowest BCUT2D eigenvalue weighted by Crippen LogP contribution is -2.52. The van der Waals surface area contributed by atoms with E-state index >= 15 is 0 Å². The van der Waals surface area contributed by atoms with Gasteiger partial charge in [-0.25, -0.2) is 0 Å². The van der Waals surface area contributed by atoms with Gasteiger partial charge in [0.1, 0.15) is 6.04 Å². The lowest BCUT2D eigenvalue weighted by atomic mass is 10.0. The Bertz CT molecular complexity index is 401. The standard InChI is InChI=1S/C15H25N3O3/c19-14(12-3-1-7-16-12)17-9-5-11(6-10-17)18-8-2-4-13(18)15(20)21/h11-13,16H,1-10H2,(H,20,21). The van der Waals surface area contributed by atoms with Crippen molar-refractivity contribution in [1.82, 2.24) is 15.1 Å². The Morgan fingerprint density at radius 1 is 1.00 bits per heavy atom. The molecule has 0 aromatic carbocycles. The third-order valence-corrected chi connectivity index (χ3v) is 5.18. The number of hydrogen-bond acceptors (Lipinski definition) is 4. The molecule has 0 radical (unpaired) electrons. The van der Waals surface area contributed by atoms with Gasteiger partial charge >= 0.3 is 5.97 Å². The summed E-state index contributed by atoms with van der Waals surface area (Å²) >= 11 is 0. The fourth-order valence-electron chi connectivity index (χ4n) is 4.02. The highest BCUT2D eigenvalue weighted by Crippen LogP contribution is 2.26. The van der Waals surface area contributed by atoms with Gasteiger partial charge in [-0.3, -0.25) is 14.5 Å². The van der Waals surface area contributed by atoms with Crippen LogP contribution in [0, 0.1) is 0 Å². The molecule has 3 fully saturated rings. The largest absolute Gasteiger partial charge is 0.480 e. The highest BCUT2D eigenvalue weighted by Gasteiger charge is 2.38. The first-order valence-corrected chi connectivity index (χ1v) is 8.17. The van der Waals surface area contributed by atoms with E-state index in [-0.39, 0.29) is 18.0 Å². The van der Waals surface area contributed by atoms with E-state index in [0.29, 0.717) is 6.04 Å². The van der Waals surface area contributed by atoms with Crippen molar-refractivity contribution in [3.8, 4) is 0 Å². The quantitative estimate of drug-likeness (QED) is 0.782. The summed E-state index contributed by atoms with van der Waals surface area (Å²) in [5.41, 5.74) is 0. The zero-order valence-electron chi connectivity index (χ0n) is 12.5. The van der Waals surface area contributed by atoms with E-state index in [1.165, 1.54) is 0 Å². The van der Waals surface area contributed by atoms with Crippen molar-refractivity contribution in [1.29, 1.82) is 0 Å². The van der Waals surface area contributed by atoms with Gasteiger partial charge in [0.2, 0.25) is 5.91 Å². The maximum absolute atomic E-state index is 12.4. The van der Waals surface area contributed by atoms with Crippen molar-refractivity contribution in [3.63, 3.8) is 0 Å². The molecule has 3 saturated heterocycles. The summed E-state index contributed by atoms with van der Waals surface area (Å²) < 4.78 is 0. The van der Waals surface area contributed by atoms with Gasteiger partial charge in [0, 0.05) is 19.1 Å². The minimum atomic E-state index is -0.693. The Balaban J connectivity index is 1.52. The molecule has 2 unspecified atom stereocenters. The molecule has 0 aromatic rings. The van der Waals surface area contributed by atoms with E-state index in [1.807, 2.05) is 4.90 Å².